The molecule has 2 aromatic rings. The average Bonchev–Trinajstić information content (AvgIpc) is 2.63. The molecule has 0 aliphatic rings. The molecule has 0 radical (unpaired) electrons. The summed E-state index contributed by atoms with van der Waals surface area (Å²) in [6.07, 6.45) is -1.23. The maximum Gasteiger partial charge on any atom is 0.506 e. The summed E-state index contributed by atoms with van der Waals surface area (Å²) in [6, 6.07) is 6.98. The molecule has 100 valence electrons. The van der Waals surface area contributed by atoms with Gasteiger partial charge < -0.3 is 15.2 Å². The molecule has 0 aliphatic carbocycles. The van der Waals surface area contributed by atoms with Crippen molar-refractivity contribution in [2.24, 2.45) is 0 Å². The SMILES string of the molecule is CC(C)(C)c1c(B(O)O)n(C(=O)O)c2ccccc12. The zero-order valence-corrected chi connectivity index (χ0v) is 11.1. The first-order valence-electron chi connectivity index (χ1n) is 5.98. The van der Waals surface area contributed by atoms with E-state index in [1.54, 1.807) is 24.3 Å². The van der Waals surface area contributed by atoms with E-state index in [9.17, 15) is 19.9 Å². The highest BCUT2D eigenvalue weighted by atomic mass is 16.4. The van der Waals surface area contributed by atoms with Gasteiger partial charge in [0.2, 0.25) is 0 Å². The van der Waals surface area contributed by atoms with Crippen molar-refractivity contribution in [3.05, 3.63) is 29.8 Å². The van der Waals surface area contributed by atoms with E-state index in [2.05, 4.69) is 0 Å². The number of nitrogens with zero attached hydrogens (tertiary/aromatic N) is 1. The van der Waals surface area contributed by atoms with Crippen molar-refractivity contribution in [2.75, 3.05) is 0 Å². The van der Waals surface area contributed by atoms with E-state index in [4.69, 9.17) is 0 Å². The van der Waals surface area contributed by atoms with E-state index in [0.29, 0.717) is 11.1 Å². The van der Waals surface area contributed by atoms with Crippen molar-refractivity contribution in [1.82, 2.24) is 4.57 Å². The molecule has 1 aromatic heterocycles. The molecule has 0 unspecified atom stereocenters. The first-order chi connectivity index (χ1) is 8.75. The minimum absolute atomic E-state index is 0.0150. The smallest absolute Gasteiger partial charge is 0.464 e. The lowest BCUT2D eigenvalue weighted by atomic mass is 9.74. The number of rotatable bonds is 1. The fraction of sp³-hybridized carbons (Fsp3) is 0.308. The highest BCUT2D eigenvalue weighted by Crippen LogP contribution is 2.30. The number of benzene rings is 1. The van der Waals surface area contributed by atoms with Gasteiger partial charge in [0.25, 0.3) is 0 Å². The van der Waals surface area contributed by atoms with E-state index in [0.717, 1.165) is 9.95 Å². The second-order valence-corrected chi connectivity index (χ2v) is 5.52. The van der Waals surface area contributed by atoms with Gasteiger partial charge in [0.15, 0.2) is 0 Å². The maximum atomic E-state index is 11.4. The van der Waals surface area contributed by atoms with Crippen molar-refractivity contribution >= 4 is 29.7 Å². The van der Waals surface area contributed by atoms with Crippen LogP contribution in [0, 0.1) is 0 Å². The van der Waals surface area contributed by atoms with Crippen LogP contribution in [-0.2, 0) is 5.41 Å². The van der Waals surface area contributed by atoms with E-state index >= 15 is 0 Å². The Morgan fingerprint density at radius 1 is 1.21 bits per heavy atom. The Hall–Kier alpha value is -1.79. The van der Waals surface area contributed by atoms with Crippen LogP contribution in [0.25, 0.3) is 10.9 Å². The lowest BCUT2D eigenvalue weighted by Crippen LogP contribution is -2.43. The van der Waals surface area contributed by atoms with Crippen molar-refractivity contribution in [1.29, 1.82) is 0 Å². The average molecular weight is 261 g/mol. The quantitative estimate of drug-likeness (QED) is 0.672. The van der Waals surface area contributed by atoms with Gasteiger partial charge in [0, 0.05) is 5.39 Å². The predicted molar refractivity (Wildman–Crippen MR) is 73.9 cm³/mol. The largest absolute Gasteiger partial charge is 0.506 e. The molecule has 0 aliphatic heterocycles. The van der Waals surface area contributed by atoms with E-state index in [-0.39, 0.29) is 5.59 Å². The van der Waals surface area contributed by atoms with Crippen molar-refractivity contribution in [3.8, 4) is 0 Å². The molecule has 6 heteroatoms. The first kappa shape index (κ1) is 13.6. The molecule has 1 aromatic carbocycles. The molecule has 3 N–H and O–H groups in total. The maximum absolute atomic E-state index is 11.4. The molecule has 0 spiro atoms. The fourth-order valence-corrected chi connectivity index (χ4v) is 2.50. The highest BCUT2D eigenvalue weighted by Gasteiger charge is 2.33. The summed E-state index contributed by atoms with van der Waals surface area (Å²) in [5.41, 5.74) is 0.712. The fourth-order valence-electron chi connectivity index (χ4n) is 2.50. The topological polar surface area (TPSA) is 82.7 Å². The molecular weight excluding hydrogens is 245 g/mol. The minimum atomic E-state index is -1.84. The van der Waals surface area contributed by atoms with Crippen LogP contribution in [0.5, 0.6) is 0 Å². The molecule has 0 bridgehead atoms. The van der Waals surface area contributed by atoms with Crippen molar-refractivity contribution in [2.45, 2.75) is 26.2 Å². The van der Waals surface area contributed by atoms with Crippen LogP contribution in [-0.4, -0.2) is 32.9 Å². The molecule has 0 atom stereocenters. The summed E-state index contributed by atoms with van der Waals surface area (Å²) in [5.74, 6) is 0. The summed E-state index contributed by atoms with van der Waals surface area (Å²) >= 11 is 0. The predicted octanol–water partition coefficient (Wildman–Crippen LogP) is 1.14. The van der Waals surface area contributed by atoms with Gasteiger partial charge in [0.1, 0.15) is 0 Å². The Morgan fingerprint density at radius 2 is 1.79 bits per heavy atom. The van der Waals surface area contributed by atoms with Gasteiger partial charge >= 0.3 is 13.2 Å². The third-order valence-corrected chi connectivity index (χ3v) is 3.10. The summed E-state index contributed by atoms with van der Waals surface area (Å²) in [6.45, 7) is 5.73. The van der Waals surface area contributed by atoms with E-state index < -0.39 is 18.6 Å². The van der Waals surface area contributed by atoms with Crippen LogP contribution in [0.3, 0.4) is 0 Å². The van der Waals surface area contributed by atoms with Crippen LogP contribution >= 0.6 is 0 Å². The van der Waals surface area contributed by atoms with Crippen LogP contribution < -0.4 is 5.59 Å². The lowest BCUT2D eigenvalue weighted by Gasteiger charge is -2.20. The Morgan fingerprint density at radius 3 is 2.26 bits per heavy atom. The summed E-state index contributed by atoms with van der Waals surface area (Å²) in [4.78, 5) is 11.4. The number of carboxylic acid groups (broad SMARTS) is 1. The molecule has 0 amide bonds. The zero-order valence-electron chi connectivity index (χ0n) is 11.1. The third-order valence-electron chi connectivity index (χ3n) is 3.10. The molecule has 5 nitrogen and oxygen atoms in total. The van der Waals surface area contributed by atoms with E-state index in [1.807, 2.05) is 20.8 Å². The number of carbonyl (C=O) groups is 1. The van der Waals surface area contributed by atoms with Crippen LogP contribution in [0.15, 0.2) is 24.3 Å². The molecule has 0 saturated carbocycles. The van der Waals surface area contributed by atoms with Crippen molar-refractivity contribution < 1.29 is 19.9 Å². The molecular formula is C13H16BNO4. The van der Waals surface area contributed by atoms with Gasteiger partial charge in [-0.1, -0.05) is 39.0 Å². The first-order valence-corrected chi connectivity index (χ1v) is 5.98. The van der Waals surface area contributed by atoms with Gasteiger partial charge in [-0.15, -0.1) is 0 Å². The number of hydrogen-bond donors (Lipinski definition) is 3. The Kier molecular flexibility index (Phi) is 3.16. The number of fused-ring (bicyclic) bond motifs is 1. The number of para-hydroxylation sites is 1. The van der Waals surface area contributed by atoms with Gasteiger partial charge in [-0.3, -0.25) is 4.57 Å². The van der Waals surface area contributed by atoms with E-state index in [1.165, 1.54) is 0 Å². The van der Waals surface area contributed by atoms with Crippen LogP contribution in [0.4, 0.5) is 4.79 Å². The Labute approximate surface area is 111 Å². The van der Waals surface area contributed by atoms with Crippen LogP contribution in [0.2, 0.25) is 0 Å². The highest BCUT2D eigenvalue weighted by molar-refractivity contribution is 6.59. The van der Waals surface area contributed by atoms with Gasteiger partial charge in [-0.25, -0.2) is 4.79 Å². The zero-order chi connectivity index (χ0) is 14.4. The Balaban J connectivity index is 3.00. The van der Waals surface area contributed by atoms with Gasteiger partial charge in [0.05, 0.1) is 11.1 Å². The van der Waals surface area contributed by atoms with Gasteiger partial charge in [-0.2, -0.15) is 0 Å². The standard InChI is InChI=1S/C13H16BNO4/c1-13(2,3)10-8-6-4-5-7-9(8)15(12(16)17)11(10)14(18)19/h4-7,18-19H,1-3H3,(H,16,17). The Bertz CT molecular complexity index is 640. The monoisotopic (exact) mass is 261 g/mol. The summed E-state index contributed by atoms with van der Waals surface area (Å²) < 4.78 is 0.945. The molecule has 1 heterocycles. The third kappa shape index (κ3) is 2.13. The second kappa shape index (κ2) is 4.40. The second-order valence-electron chi connectivity index (χ2n) is 5.52. The minimum Gasteiger partial charge on any atom is -0.464 e. The molecule has 0 saturated heterocycles. The normalized spacial score (nSPS) is 11.8. The van der Waals surface area contributed by atoms with Crippen LogP contribution in [0.1, 0.15) is 26.3 Å². The summed E-state index contributed by atoms with van der Waals surface area (Å²) in [7, 11) is -1.84. The van der Waals surface area contributed by atoms with Gasteiger partial charge in [-0.05, 0) is 17.0 Å². The molecule has 19 heavy (non-hydrogen) atoms. The molecule has 0 fully saturated rings. The van der Waals surface area contributed by atoms with Crippen molar-refractivity contribution in [3.63, 3.8) is 0 Å². The molecule has 2 rings (SSSR count). The summed E-state index contributed by atoms with van der Waals surface area (Å²) in [5, 5.41) is 29.2. The lowest BCUT2D eigenvalue weighted by molar-refractivity contribution is 0.197. The number of hydrogen-bond acceptors (Lipinski definition) is 3. The number of aromatic nitrogens is 1.